The summed E-state index contributed by atoms with van der Waals surface area (Å²) in [5, 5.41) is 7.34. The minimum atomic E-state index is -0.685. The molecule has 0 bridgehead atoms. The zero-order valence-corrected chi connectivity index (χ0v) is 19.2. The summed E-state index contributed by atoms with van der Waals surface area (Å²) in [6.45, 7) is 0. The monoisotopic (exact) mass is 499 g/mol. The summed E-state index contributed by atoms with van der Waals surface area (Å²) in [6, 6.07) is 12.0. The number of hydrogen-bond donors (Lipinski definition) is 2. The number of hydrogen-bond acceptors (Lipinski definition) is 6. The number of benzene rings is 1. The molecule has 2 aliphatic carbocycles. The first-order valence-corrected chi connectivity index (χ1v) is 12.0. The molecule has 2 heterocycles. The van der Waals surface area contributed by atoms with Crippen molar-refractivity contribution in [2.75, 3.05) is 5.73 Å². The third-order valence-corrected chi connectivity index (χ3v) is 7.70. The number of ketones is 1. The highest BCUT2D eigenvalue weighted by Crippen LogP contribution is 2.47. The number of aryl methyl sites for hydroxylation is 1. The Morgan fingerprint density at radius 2 is 2.10 bits per heavy atom. The number of nitrogen functional groups attached to an aromatic ring is 1. The molecule has 0 spiro atoms. The van der Waals surface area contributed by atoms with Crippen LogP contribution in [-0.2, 0) is 18.3 Å². The summed E-state index contributed by atoms with van der Waals surface area (Å²) in [5.41, 5.74) is 7.86. The van der Waals surface area contributed by atoms with Crippen LogP contribution in [0.1, 0.15) is 62.6 Å². The number of Topliss-reactive ketones (excluding diaryl/α,β-unsaturated/α-hetero) is 1. The molecular formula is C23H22BrN3O3S. The lowest BCUT2D eigenvalue weighted by Gasteiger charge is -2.36. The fourth-order valence-corrected chi connectivity index (χ4v) is 5.95. The fraction of sp³-hybridized carbons (Fsp3) is 0.348. The van der Waals surface area contributed by atoms with Gasteiger partial charge in [0.15, 0.2) is 5.78 Å². The lowest BCUT2D eigenvalue weighted by Crippen LogP contribution is -2.40. The lowest BCUT2D eigenvalue weighted by atomic mass is 9.65. The van der Waals surface area contributed by atoms with Gasteiger partial charge < -0.3 is 15.6 Å². The van der Waals surface area contributed by atoms with Crippen LogP contribution in [-0.4, -0.2) is 22.9 Å². The average molecular weight is 500 g/mol. The number of carbonyl (C=O) groups excluding carboxylic acids is 2. The van der Waals surface area contributed by atoms with E-state index >= 15 is 0 Å². The Hall–Kier alpha value is -2.45. The van der Waals surface area contributed by atoms with E-state index in [4.69, 9.17) is 10.3 Å². The van der Waals surface area contributed by atoms with E-state index in [9.17, 15) is 9.59 Å². The number of thiophene rings is 1. The average Bonchev–Trinajstić information content (AvgIpc) is 3.37. The van der Waals surface area contributed by atoms with Crippen molar-refractivity contribution in [2.45, 2.75) is 50.0 Å². The van der Waals surface area contributed by atoms with Crippen LogP contribution in [0.25, 0.3) is 0 Å². The Bertz CT molecular complexity index is 1150. The molecular weight excluding hydrogens is 478 g/mol. The molecule has 6 nitrogen and oxygen atoms in total. The first kappa shape index (κ1) is 20.5. The van der Waals surface area contributed by atoms with E-state index in [0.29, 0.717) is 45.7 Å². The molecule has 1 amide bonds. The van der Waals surface area contributed by atoms with E-state index in [1.54, 1.807) is 0 Å². The predicted octanol–water partition coefficient (Wildman–Crippen LogP) is 4.67. The maximum absolute atomic E-state index is 14.0. The first-order chi connectivity index (χ1) is 15.0. The van der Waals surface area contributed by atoms with Crippen molar-refractivity contribution in [1.29, 1.82) is 0 Å². The molecule has 5 rings (SSSR count). The molecule has 160 valence electrons. The predicted molar refractivity (Wildman–Crippen MR) is 123 cm³/mol. The Kier molecular flexibility index (Phi) is 5.22. The Labute approximate surface area is 192 Å². The molecule has 31 heavy (non-hydrogen) atoms. The van der Waals surface area contributed by atoms with Gasteiger partial charge in [-0.3, -0.25) is 9.59 Å². The summed E-state index contributed by atoms with van der Waals surface area (Å²) in [4.78, 5) is 27.4. The standard InChI is InChI=1S/C23H22BrN3O3S/c24-17-12-15(30-27-17)8-10-23(13-4-2-1-3-5-13)11-9-16-18(22(29)26-14-6-7-14)21(25)31-19(16)20(23)28/h1-5,12,14H,6-11,25H2,(H,26,29). The second-order valence-electron chi connectivity index (χ2n) is 8.29. The minimum Gasteiger partial charge on any atom is -0.390 e. The van der Waals surface area contributed by atoms with Gasteiger partial charge in [-0.1, -0.05) is 35.5 Å². The van der Waals surface area contributed by atoms with Crippen LogP contribution >= 0.6 is 27.3 Å². The Balaban J connectivity index is 1.51. The number of nitrogens with zero attached hydrogens (tertiary/aromatic N) is 1. The number of aromatic nitrogens is 1. The number of nitrogens with one attached hydrogen (secondary N) is 1. The van der Waals surface area contributed by atoms with E-state index in [1.807, 2.05) is 36.4 Å². The number of carbonyl (C=O) groups is 2. The number of nitrogens with two attached hydrogens (primary N) is 1. The van der Waals surface area contributed by atoms with Crippen LogP contribution in [0.4, 0.5) is 5.00 Å². The van der Waals surface area contributed by atoms with Crippen LogP contribution in [0.15, 0.2) is 45.5 Å². The van der Waals surface area contributed by atoms with Crippen molar-refractivity contribution in [2.24, 2.45) is 0 Å². The van der Waals surface area contributed by atoms with Gasteiger partial charge in [0.05, 0.1) is 20.9 Å². The molecule has 0 saturated heterocycles. The van der Waals surface area contributed by atoms with Gasteiger partial charge in [-0.25, -0.2) is 0 Å². The highest BCUT2D eigenvalue weighted by atomic mass is 79.9. The fourth-order valence-electron chi connectivity index (χ4n) is 4.47. The van der Waals surface area contributed by atoms with Gasteiger partial charge >= 0.3 is 0 Å². The molecule has 2 aliphatic rings. The number of halogens is 1. The third-order valence-electron chi connectivity index (χ3n) is 6.27. The van der Waals surface area contributed by atoms with Gasteiger partial charge in [-0.2, -0.15) is 0 Å². The highest BCUT2D eigenvalue weighted by molar-refractivity contribution is 9.10. The minimum absolute atomic E-state index is 0.0423. The molecule has 1 unspecified atom stereocenters. The maximum atomic E-state index is 14.0. The van der Waals surface area contributed by atoms with E-state index in [1.165, 1.54) is 11.3 Å². The molecule has 2 aromatic heterocycles. The summed E-state index contributed by atoms with van der Waals surface area (Å²) in [7, 11) is 0. The quantitative estimate of drug-likeness (QED) is 0.513. The van der Waals surface area contributed by atoms with Gasteiger partial charge in [0.25, 0.3) is 5.91 Å². The molecule has 0 radical (unpaired) electrons. The zero-order chi connectivity index (χ0) is 21.6. The molecule has 0 aliphatic heterocycles. The van der Waals surface area contributed by atoms with Crippen LogP contribution in [0.3, 0.4) is 0 Å². The van der Waals surface area contributed by atoms with Gasteiger partial charge in [-0.05, 0) is 59.2 Å². The van der Waals surface area contributed by atoms with Gasteiger partial charge in [0.1, 0.15) is 10.4 Å². The first-order valence-electron chi connectivity index (χ1n) is 10.4. The number of rotatable bonds is 6. The molecule has 8 heteroatoms. The molecule has 1 saturated carbocycles. The molecule has 3 aromatic rings. The van der Waals surface area contributed by atoms with E-state index in [0.717, 1.165) is 29.7 Å². The lowest BCUT2D eigenvalue weighted by molar-refractivity contribution is 0.0852. The third kappa shape index (κ3) is 3.72. The molecule has 1 fully saturated rings. The van der Waals surface area contributed by atoms with Crippen molar-refractivity contribution in [3.05, 3.63) is 68.3 Å². The van der Waals surface area contributed by atoms with Crippen LogP contribution < -0.4 is 11.1 Å². The second-order valence-corrected chi connectivity index (χ2v) is 10.2. The Morgan fingerprint density at radius 1 is 1.32 bits per heavy atom. The van der Waals surface area contributed by atoms with Crippen molar-refractivity contribution in [3.63, 3.8) is 0 Å². The van der Waals surface area contributed by atoms with Crippen molar-refractivity contribution < 1.29 is 14.1 Å². The topological polar surface area (TPSA) is 98.2 Å². The van der Waals surface area contributed by atoms with Crippen molar-refractivity contribution in [1.82, 2.24) is 10.5 Å². The van der Waals surface area contributed by atoms with Gasteiger partial charge in [0.2, 0.25) is 0 Å². The zero-order valence-electron chi connectivity index (χ0n) is 16.8. The van der Waals surface area contributed by atoms with E-state index in [2.05, 4.69) is 26.4 Å². The smallest absolute Gasteiger partial charge is 0.254 e. The SMILES string of the molecule is Nc1sc2c(c1C(=O)NC1CC1)CCC(CCc1cc(Br)no1)(c1ccccc1)C2=O. The van der Waals surface area contributed by atoms with E-state index < -0.39 is 5.41 Å². The van der Waals surface area contributed by atoms with Crippen molar-refractivity contribution >= 4 is 44.0 Å². The molecule has 3 N–H and O–H groups in total. The van der Waals surface area contributed by atoms with Crippen LogP contribution in [0.5, 0.6) is 0 Å². The summed E-state index contributed by atoms with van der Waals surface area (Å²) in [5.74, 6) is 0.626. The summed E-state index contributed by atoms with van der Waals surface area (Å²) >= 11 is 4.56. The Morgan fingerprint density at radius 3 is 2.77 bits per heavy atom. The van der Waals surface area contributed by atoms with Crippen LogP contribution in [0.2, 0.25) is 0 Å². The summed E-state index contributed by atoms with van der Waals surface area (Å²) in [6.07, 6.45) is 4.45. The summed E-state index contributed by atoms with van der Waals surface area (Å²) < 4.78 is 6.00. The second kappa shape index (κ2) is 7.91. The number of anilines is 1. The van der Waals surface area contributed by atoms with Gasteiger partial charge in [-0.15, -0.1) is 11.3 Å². The van der Waals surface area contributed by atoms with Crippen LogP contribution in [0, 0.1) is 0 Å². The van der Waals surface area contributed by atoms with E-state index in [-0.39, 0.29) is 17.7 Å². The molecule has 1 aromatic carbocycles. The van der Waals surface area contributed by atoms with Crippen molar-refractivity contribution in [3.8, 4) is 0 Å². The maximum Gasteiger partial charge on any atom is 0.254 e. The number of amides is 1. The largest absolute Gasteiger partial charge is 0.390 e. The number of fused-ring (bicyclic) bond motifs is 1. The van der Waals surface area contributed by atoms with Gasteiger partial charge in [0, 0.05) is 18.5 Å². The normalized spacial score (nSPS) is 20.5. The molecule has 1 atom stereocenters. The highest BCUT2D eigenvalue weighted by Gasteiger charge is 2.46.